The highest BCUT2D eigenvalue weighted by atomic mass is 35.5. The molecule has 6 nitrogen and oxygen atoms in total. The van der Waals surface area contributed by atoms with Crippen LogP contribution in [0.1, 0.15) is 42.3 Å². The van der Waals surface area contributed by atoms with E-state index in [1.165, 1.54) is 24.3 Å². The van der Waals surface area contributed by atoms with E-state index in [0.717, 1.165) is 9.87 Å². The molecule has 1 N–H and O–H groups in total. The van der Waals surface area contributed by atoms with Gasteiger partial charge in [-0.3, -0.25) is 13.9 Å². The molecule has 0 aromatic heterocycles. The van der Waals surface area contributed by atoms with Crippen LogP contribution in [0.3, 0.4) is 0 Å². The van der Waals surface area contributed by atoms with Crippen molar-refractivity contribution in [2.24, 2.45) is 0 Å². The standard InChI is InChI=1S/C31H29ClN2O4S/c1-31(2,3)24-14-12-22(13-15-24)30(36)23-8-7-9-26(20-23)33-29(35)21-34(27-10-5-4-6-11-27)39(37,38)28-18-16-25(32)17-19-28/h4-20H,21H2,1-3H3,(H,33,35). The smallest absolute Gasteiger partial charge is 0.264 e. The van der Waals surface area contributed by atoms with Gasteiger partial charge in [-0.15, -0.1) is 0 Å². The van der Waals surface area contributed by atoms with Crippen molar-refractivity contribution < 1.29 is 18.0 Å². The van der Waals surface area contributed by atoms with Gasteiger partial charge in [0.05, 0.1) is 10.6 Å². The van der Waals surface area contributed by atoms with E-state index in [9.17, 15) is 18.0 Å². The molecule has 200 valence electrons. The van der Waals surface area contributed by atoms with Gasteiger partial charge in [-0.05, 0) is 59.5 Å². The Kier molecular flexibility index (Phi) is 8.23. The number of benzene rings is 4. The number of nitrogens with one attached hydrogen (secondary N) is 1. The average Bonchev–Trinajstić information content (AvgIpc) is 2.91. The lowest BCUT2D eigenvalue weighted by molar-refractivity contribution is -0.114. The normalized spacial score (nSPS) is 11.6. The molecule has 1 amide bonds. The summed E-state index contributed by atoms with van der Waals surface area (Å²) in [5, 5.41) is 3.13. The average molecular weight is 561 g/mol. The van der Waals surface area contributed by atoms with E-state index in [1.807, 2.05) is 12.1 Å². The summed E-state index contributed by atoms with van der Waals surface area (Å²) >= 11 is 5.94. The second kappa shape index (κ2) is 11.4. The van der Waals surface area contributed by atoms with Crippen molar-refractivity contribution in [3.8, 4) is 0 Å². The second-order valence-electron chi connectivity index (χ2n) is 10.1. The molecule has 4 rings (SSSR count). The summed E-state index contributed by atoms with van der Waals surface area (Å²) in [6.07, 6.45) is 0. The van der Waals surface area contributed by atoms with Crippen molar-refractivity contribution in [2.75, 3.05) is 16.2 Å². The molecule has 4 aromatic rings. The molecule has 0 spiro atoms. The van der Waals surface area contributed by atoms with E-state index < -0.39 is 22.5 Å². The zero-order chi connectivity index (χ0) is 28.2. The van der Waals surface area contributed by atoms with E-state index in [4.69, 9.17) is 11.6 Å². The highest BCUT2D eigenvalue weighted by Crippen LogP contribution is 2.26. The van der Waals surface area contributed by atoms with Crippen LogP contribution in [0.15, 0.2) is 108 Å². The molecule has 0 aliphatic heterocycles. The van der Waals surface area contributed by atoms with Crippen LogP contribution in [0.2, 0.25) is 5.02 Å². The number of amides is 1. The number of para-hydroxylation sites is 1. The number of ketones is 1. The summed E-state index contributed by atoms with van der Waals surface area (Å²) in [5.41, 5.74) is 2.76. The van der Waals surface area contributed by atoms with E-state index in [-0.39, 0.29) is 16.1 Å². The molecule has 0 saturated carbocycles. The maximum Gasteiger partial charge on any atom is 0.264 e. The number of carbonyl (C=O) groups is 2. The zero-order valence-corrected chi connectivity index (χ0v) is 23.5. The SMILES string of the molecule is CC(C)(C)c1ccc(C(=O)c2cccc(NC(=O)CN(c3ccccc3)S(=O)(=O)c3ccc(Cl)cc3)c2)cc1. The lowest BCUT2D eigenvalue weighted by Gasteiger charge is -2.24. The van der Waals surface area contributed by atoms with Gasteiger partial charge in [-0.25, -0.2) is 8.42 Å². The number of hydrogen-bond donors (Lipinski definition) is 1. The number of halogens is 1. The van der Waals surface area contributed by atoms with Crippen LogP contribution in [-0.4, -0.2) is 26.7 Å². The molecular formula is C31H29ClN2O4S. The molecule has 0 saturated heterocycles. The van der Waals surface area contributed by atoms with Crippen LogP contribution in [0, 0.1) is 0 Å². The van der Waals surface area contributed by atoms with Crippen LogP contribution in [0.5, 0.6) is 0 Å². The Balaban J connectivity index is 1.55. The molecule has 0 atom stereocenters. The molecule has 39 heavy (non-hydrogen) atoms. The monoisotopic (exact) mass is 560 g/mol. The number of sulfonamides is 1. The Morgan fingerprint density at radius 3 is 2.05 bits per heavy atom. The Hall–Kier alpha value is -3.94. The Labute approximate surface area is 234 Å². The fourth-order valence-electron chi connectivity index (χ4n) is 4.00. The van der Waals surface area contributed by atoms with Crippen molar-refractivity contribution in [1.29, 1.82) is 0 Å². The minimum Gasteiger partial charge on any atom is -0.324 e. The number of hydrogen-bond acceptors (Lipinski definition) is 4. The predicted octanol–water partition coefficient (Wildman–Crippen LogP) is 6.70. The van der Waals surface area contributed by atoms with Crippen molar-refractivity contribution in [2.45, 2.75) is 31.1 Å². The van der Waals surface area contributed by atoms with Gasteiger partial charge in [0.2, 0.25) is 5.91 Å². The van der Waals surface area contributed by atoms with E-state index in [0.29, 0.717) is 27.5 Å². The zero-order valence-electron chi connectivity index (χ0n) is 21.9. The molecule has 0 unspecified atom stereocenters. The molecule has 0 radical (unpaired) electrons. The lowest BCUT2D eigenvalue weighted by atomic mass is 9.86. The lowest BCUT2D eigenvalue weighted by Crippen LogP contribution is -2.38. The Morgan fingerprint density at radius 2 is 1.44 bits per heavy atom. The van der Waals surface area contributed by atoms with Gasteiger partial charge in [0.25, 0.3) is 10.0 Å². The maximum atomic E-state index is 13.5. The van der Waals surface area contributed by atoms with Crippen LogP contribution >= 0.6 is 11.6 Å². The van der Waals surface area contributed by atoms with Crippen molar-refractivity contribution in [3.63, 3.8) is 0 Å². The first kappa shape index (κ1) is 28.1. The number of nitrogens with zero attached hydrogens (tertiary/aromatic N) is 1. The first-order valence-electron chi connectivity index (χ1n) is 12.3. The summed E-state index contributed by atoms with van der Waals surface area (Å²) in [6.45, 7) is 5.85. The van der Waals surface area contributed by atoms with Gasteiger partial charge < -0.3 is 5.32 Å². The van der Waals surface area contributed by atoms with E-state index in [1.54, 1.807) is 66.7 Å². The largest absolute Gasteiger partial charge is 0.324 e. The third-order valence-corrected chi connectivity index (χ3v) is 8.19. The molecule has 0 heterocycles. The minimum atomic E-state index is -4.07. The van der Waals surface area contributed by atoms with Gasteiger partial charge in [0.15, 0.2) is 5.78 Å². The van der Waals surface area contributed by atoms with Gasteiger partial charge in [-0.1, -0.05) is 87.0 Å². The van der Waals surface area contributed by atoms with E-state index in [2.05, 4.69) is 26.1 Å². The van der Waals surface area contributed by atoms with E-state index >= 15 is 0 Å². The fourth-order valence-corrected chi connectivity index (χ4v) is 5.55. The van der Waals surface area contributed by atoms with Gasteiger partial charge >= 0.3 is 0 Å². The van der Waals surface area contributed by atoms with Crippen molar-refractivity contribution >= 4 is 44.7 Å². The van der Waals surface area contributed by atoms with Gasteiger partial charge in [0.1, 0.15) is 6.54 Å². The summed E-state index contributed by atoms with van der Waals surface area (Å²) in [5.74, 6) is -0.738. The second-order valence-corrected chi connectivity index (χ2v) is 12.4. The molecule has 0 bridgehead atoms. The van der Waals surface area contributed by atoms with Crippen LogP contribution < -0.4 is 9.62 Å². The van der Waals surface area contributed by atoms with Crippen LogP contribution in [0.25, 0.3) is 0 Å². The summed E-state index contributed by atoms with van der Waals surface area (Å²) in [7, 11) is -4.07. The minimum absolute atomic E-state index is 0.00799. The van der Waals surface area contributed by atoms with Crippen LogP contribution in [-0.2, 0) is 20.2 Å². The number of anilines is 2. The first-order valence-corrected chi connectivity index (χ1v) is 14.2. The van der Waals surface area contributed by atoms with Crippen molar-refractivity contribution in [3.05, 3.63) is 125 Å². The highest BCUT2D eigenvalue weighted by Gasteiger charge is 2.27. The third-order valence-electron chi connectivity index (χ3n) is 6.15. The topological polar surface area (TPSA) is 83.6 Å². The van der Waals surface area contributed by atoms with Gasteiger partial charge in [0, 0.05) is 21.8 Å². The third kappa shape index (κ3) is 6.74. The molecule has 0 aliphatic rings. The summed E-state index contributed by atoms with van der Waals surface area (Å²) in [6, 6.07) is 28.2. The quantitative estimate of drug-likeness (QED) is 0.243. The highest BCUT2D eigenvalue weighted by molar-refractivity contribution is 7.92. The molecule has 0 fully saturated rings. The Bertz CT molecular complexity index is 1580. The molecule has 8 heteroatoms. The molecule has 4 aromatic carbocycles. The maximum absolute atomic E-state index is 13.5. The molecular weight excluding hydrogens is 532 g/mol. The summed E-state index contributed by atoms with van der Waals surface area (Å²) in [4.78, 5) is 26.2. The first-order chi connectivity index (χ1) is 18.4. The van der Waals surface area contributed by atoms with Gasteiger partial charge in [-0.2, -0.15) is 0 Å². The Morgan fingerprint density at radius 1 is 0.795 bits per heavy atom. The summed E-state index contributed by atoms with van der Waals surface area (Å²) < 4.78 is 28.0. The number of carbonyl (C=O) groups excluding carboxylic acids is 2. The predicted molar refractivity (Wildman–Crippen MR) is 156 cm³/mol. The van der Waals surface area contributed by atoms with Crippen molar-refractivity contribution in [1.82, 2.24) is 0 Å². The fraction of sp³-hybridized carbons (Fsp3) is 0.161. The molecule has 0 aliphatic carbocycles. The number of rotatable bonds is 8. The van der Waals surface area contributed by atoms with Crippen LogP contribution in [0.4, 0.5) is 11.4 Å².